The maximum absolute atomic E-state index is 13.2. The zero-order valence-corrected chi connectivity index (χ0v) is 12.4. The van der Waals surface area contributed by atoms with Crippen LogP contribution >= 0.6 is 11.8 Å². The lowest BCUT2D eigenvalue weighted by Crippen LogP contribution is -2.12. The number of rotatable bonds is 5. The molecule has 0 spiro atoms. The molecule has 106 valence electrons. The number of halogens is 2. The van der Waals surface area contributed by atoms with Crippen molar-refractivity contribution in [2.24, 2.45) is 0 Å². The Labute approximate surface area is 122 Å². The molecular weight excluding hydrogens is 276 g/mol. The molecule has 0 radical (unpaired) electrons. The van der Waals surface area contributed by atoms with Gasteiger partial charge in [-0.05, 0) is 43.3 Å². The zero-order valence-electron chi connectivity index (χ0n) is 11.5. The minimum absolute atomic E-state index is 0.700. The normalized spacial score (nSPS) is 10.8. The van der Waals surface area contributed by atoms with Gasteiger partial charge in [-0.2, -0.15) is 0 Å². The predicted molar refractivity (Wildman–Crippen MR) is 79.0 cm³/mol. The van der Waals surface area contributed by atoms with Gasteiger partial charge in [-0.25, -0.2) is 8.78 Å². The topological polar surface area (TPSA) is 12.0 Å². The molecule has 0 fully saturated rings. The van der Waals surface area contributed by atoms with Gasteiger partial charge in [-0.3, -0.25) is 0 Å². The van der Waals surface area contributed by atoms with Crippen LogP contribution in [0.2, 0.25) is 0 Å². The van der Waals surface area contributed by atoms with E-state index in [0.717, 1.165) is 24.1 Å². The highest BCUT2D eigenvalue weighted by atomic mass is 32.2. The molecule has 0 heterocycles. The van der Waals surface area contributed by atoms with Gasteiger partial charge < -0.3 is 5.32 Å². The Balaban J connectivity index is 2.25. The molecule has 0 aliphatic carbocycles. The van der Waals surface area contributed by atoms with Crippen molar-refractivity contribution in [2.75, 3.05) is 6.54 Å². The van der Waals surface area contributed by atoms with Gasteiger partial charge in [0.15, 0.2) is 11.6 Å². The van der Waals surface area contributed by atoms with E-state index in [2.05, 4.69) is 18.3 Å². The van der Waals surface area contributed by atoms with Gasteiger partial charge in [0.1, 0.15) is 0 Å². The molecule has 4 heteroatoms. The fraction of sp³-hybridized carbons (Fsp3) is 0.250. The van der Waals surface area contributed by atoms with Gasteiger partial charge in [-0.1, -0.05) is 36.4 Å². The first kappa shape index (κ1) is 15.0. The summed E-state index contributed by atoms with van der Waals surface area (Å²) in [6, 6.07) is 10.2. The van der Waals surface area contributed by atoms with E-state index in [1.807, 2.05) is 19.1 Å². The van der Waals surface area contributed by atoms with Crippen LogP contribution < -0.4 is 5.32 Å². The lowest BCUT2D eigenvalue weighted by molar-refractivity contribution is 0.506. The van der Waals surface area contributed by atoms with Crippen LogP contribution in [0.25, 0.3) is 0 Å². The van der Waals surface area contributed by atoms with Gasteiger partial charge in [0, 0.05) is 16.3 Å². The third-order valence-corrected chi connectivity index (χ3v) is 4.01. The summed E-state index contributed by atoms with van der Waals surface area (Å²) in [5, 5.41) is 3.29. The highest BCUT2D eigenvalue weighted by molar-refractivity contribution is 7.99. The smallest absolute Gasteiger partial charge is 0.159 e. The molecule has 0 aromatic heterocycles. The summed E-state index contributed by atoms with van der Waals surface area (Å²) in [5.74, 6) is -1.62. The lowest BCUT2D eigenvalue weighted by Gasteiger charge is -2.11. The molecule has 2 rings (SSSR count). The summed E-state index contributed by atoms with van der Waals surface area (Å²) in [5.41, 5.74) is 2.36. The fourth-order valence-corrected chi connectivity index (χ4v) is 2.82. The van der Waals surface area contributed by atoms with Gasteiger partial charge in [0.05, 0.1) is 0 Å². The second kappa shape index (κ2) is 6.86. The maximum Gasteiger partial charge on any atom is 0.159 e. The average Bonchev–Trinajstić information content (AvgIpc) is 2.43. The van der Waals surface area contributed by atoms with Crippen molar-refractivity contribution in [2.45, 2.75) is 30.2 Å². The Hall–Kier alpha value is -1.39. The van der Waals surface area contributed by atoms with Crippen molar-refractivity contribution >= 4 is 11.8 Å². The summed E-state index contributed by atoms with van der Waals surface area (Å²) in [6.45, 7) is 5.76. The quantitative estimate of drug-likeness (QED) is 0.869. The van der Waals surface area contributed by atoms with Crippen molar-refractivity contribution in [3.8, 4) is 0 Å². The van der Waals surface area contributed by atoms with E-state index in [0.29, 0.717) is 4.90 Å². The minimum atomic E-state index is -0.814. The van der Waals surface area contributed by atoms with E-state index in [1.165, 1.54) is 29.0 Å². The number of aryl methyl sites for hydroxylation is 1. The molecule has 2 aromatic carbocycles. The Morgan fingerprint density at radius 3 is 2.55 bits per heavy atom. The molecule has 2 aromatic rings. The number of benzene rings is 2. The zero-order chi connectivity index (χ0) is 14.5. The van der Waals surface area contributed by atoms with Crippen LogP contribution in [0.5, 0.6) is 0 Å². The first-order valence-corrected chi connectivity index (χ1v) is 7.35. The number of nitrogens with one attached hydrogen (secondary N) is 1. The molecule has 0 bridgehead atoms. The molecule has 0 unspecified atom stereocenters. The minimum Gasteiger partial charge on any atom is -0.313 e. The van der Waals surface area contributed by atoms with Gasteiger partial charge in [0.2, 0.25) is 0 Å². The molecule has 0 aliphatic heterocycles. The Morgan fingerprint density at radius 1 is 1.05 bits per heavy atom. The first-order chi connectivity index (χ1) is 9.60. The molecule has 0 aliphatic rings. The van der Waals surface area contributed by atoms with E-state index >= 15 is 0 Å². The largest absolute Gasteiger partial charge is 0.313 e. The summed E-state index contributed by atoms with van der Waals surface area (Å²) in [4.78, 5) is 1.76. The van der Waals surface area contributed by atoms with Gasteiger partial charge in [0.25, 0.3) is 0 Å². The van der Waals surface area contributed by atoms with Crippen LogP contribution in [-0.2, 0) is 6.54 Å². The van der Waals surface area contributed by atoms with E-state index in [9.17, 15) is 8.78 Å². The highest BCUT2D eigenvalue weighted by Gasteiger charge is 2.07. The van der Waals surface area contributed by atoms with Crippen LogP contribution in [0.15, 0.2) is 46.2 Å². The van der Waals surface area contributed by atoms with Gasteiger partial charge in [-0.15, -0.1) is 0 Å². The van der Waals surface area contributed by atoms with Crippen molar-refractivity contribution in [1.82, 2.24) is 5.32 Å². The highest BCUT2D eigenvalue weighted by Crippen LogP contribution is 2.31. The van der Waals surface area contributed by atoms with Crippen LogP contribution in [-0.4, -0.2) is 6.54 Å². The molecule has 20 heavy (non-hydrogen) atoms. The second-order valence-electron chi connectivity index (χ2n) is 4.57. The van der Waals surface area contributed by atoms with Crippen LogP contribution in [0, 0.1) is 18.6 Å². The SMILES string of the molecule is CCNCc1cc(C)ccc1Sc1ccc(F)c(F)c1. The van der Waals surface area contributed by atoms with Crippen LogP contribution in [0.1, 0.15) is 18.1 Å². The standard InChI is InChI=1S/C16H17F2NS/c1-3-19-10-12-8-11(2)4-7-16(12)20-13-5-6-14(17)15(18)9-13/h4-9,19H,3,10H2,1-2H3. The molecule has 1 nitrogen and oxygen atoms in total. The van der Waals surface area contributed by atoms with Crippen molar-refractivity contribution in [1.29, 1.82) is 0 Å². The predicted octanol–water partition coefficient (Wildman–Crippen LogP) is 4.53. The monoisotopic (exact) mass is 293 g/mol. The molecule has 0 atom stereocenters. The third-order valence-electron chi connectivity index (χ3n) is 2.90. The summed E-state index contributed by atoms with van der Waals surface area (Å²) >= 11 is 1.45. The average molecular weight is 293 g/mol. The van der Waals surface area contributed by atoms with E-state index in [4.69, 9.17) is 0 Å². The molecule has 0 saturated heterocycles. The molecular formula is C16H17F2NS. The van der Waals surface area contributed by atoms with Crippen LogP contribution in [0.4, 0.5) is 8.78 Å². The Bertz CT molecular complexity index is 599. The molecule has 1 N–H and O–H groups in total. The molecule has 0 amide bonds. The second-order valence-corrected chi connectivity index (χ2v) is 5.68. The summed E-state index contributed by atoms with van der Waals surface area (Å²) in [6.07, 6.45) is 0. The third kappa shape index (κ3) is 3.81. The number of hydrogen-bond acceptors (Lipinski definition) is 2. The van der Waals surface area contributed by atoms with Gasteiger partial charge >= 0.3 is 0 Å². The van der Waals surface area contributed by atoms with Crippen molar-refractivity contribution in [3.63, 3.8) is 0 Å². The van der Waals surface area contributed by atoms with Crippen LogP contribution in [0.3, 0.4) is 0 Å². The lowest BCUT2D eigenvalue weighted by atomic mass is 10.1. The van der Waals surface area contributed by atoms with Crippen molar-refractivity contribution in [3.05, 3.63) is 59.2 Å². The first-order valence-electron chi connectivity index (χ1n) is 6.53. The maximum atomic E-state index is 13.2. The summed E-state index contributed by atoms with van der Waals surface area (Å²) in [7, 11) is 0. The molecule has 0 saturated carbocycles. The summed E-state index contributed by atoms with van der Waals surface area (Å²) < 4.78 is 26.2. The van der Waals surface area contributed by atoms with Crippen molar-refractivity contribution < 1.29 is 8.78 Å². The van der Waals surface area contributed by atoms with E-state index in [-0.39, 0.29) is 0 Å². The van der Waals surface area contributed by atoms with E-state index in [1.54, 1.807) is 6.07 Å². The van der Waals surface area contributed by atoms with E-state index < -0.39 is 11.6 Å². The number of hydrogen-bond donors (Lipinski definition) is 1. The Kier molecular flexibility index (Phi) is 5.15. The fourth-order valence-electron chi connectivity index (χ4n) is 1.87. The Morgan fingerprint density at radius 2 is 1.85 bits per heavy atom.